The van der Waals surface area contributed by atoms with E-state index in [1.807, 2.05) is 43.3 Å². The molecule has 0 spiro atoms. The van der Waals surface area contributed by atoms with Gasteiger partial charge < -0.3 is 15.6 Å². The second kappa shape index (κ2) is 6.67. The number of hydrogen-bond acceptors (Lipinski definition) is 4. The van der Waals surface area contributed by atoms with Gasteiger partial charge in [-0.25, -0.2) is 4.98 Å². The van der Waals surface area contributed by atoms with Crippen molar-refractivity contribution in [3.8, 4) is 6.07 Å². The van der Waals surface area contributed by atoms with Crippen molar-refractivity contribution in [3.05, 3.63) is 66.1 Å². The van der Waals surface area contributed by atoms with Crippen LogP contribution in [0.4, 0.5) is 11.4 Å². The number of hydrogen-bond donors (Lipinski definition) is 3. The van der Waals surface area contributed by atoms with Gasteiger partial charge in [0.05, 0.1) is 17.4 Å². The fourth-order valence-corrected chi connectivity index (χ4v) is 2.16. The Hall–Kier alpha value is -3.59. The summed E-state index contributed by atoms with van der Waals surface area (Å²) in [7, 11) is 0. The maximum Gasteiger partial charge on any atom is 0.267 e. The van der Waals surface area contributed by atoms with Crippen LogP contribution in [0.15, 0.2) is 60.6 Å². The zero-order valence-corrected chi connectivity index (χ0v) is 13.0. The number of amides is 1. The van der Waals surface area contributed by atoms with Gasteiger partial charge in [-0.05, 0) is 37.3 Å². The van der Waals surface area contributed by atoms with Crippen molar-refractivity contribution in [2.45, 2.75) is 6.92 Å². The normalized spacial score (nSPS) is 11.1. The van der Waals surface area contributed by atoms with E-state index in [2.05, 4.69) is 20.6 Å². The Morgan fingerprint density at radius 1 is 1.21 bits per heavy atom. The Balaban J connectivity index is 1.72. The third-order valence-corrected chi connectivity index (χ3v) is 3.48. The largest absolute Gasteiger partial charge is 0.360 e. The Morgan fingerprint density at radius 2 is 1.96 bits per heavy atom. The van der Waals surface area contributed by atoms with Crippen molar-refractivity contribution in [3.63, 3.8) is 0 Å². The molecule has 1 aromatic heterocycles. The molecule has 0 aliphatic carbocycles. The van der Waals surface area contributed by atoms with Gasteiger partial charge in [0.1, 0.15) is 11.6 Å². The van der Waals surface area contributed by atoms with Gasteiger partial charge in [-0.2, -0.15) is 5.26 Å². The first kappa shape index (κ1) is 15.3. The molecule has 3 aromatic rings. The van der Waals surface area contributed by atoms with E-state index in [4.69, 9.17) is 0 Å². The van der Waals surface area contributed by atoms with Gasteiger partial charge >= 0.3 is 0 Å². The zero-order valence-electron chi connectivity index (χ0n) is 13.0. The molecule has 118 valence electrons. The number of fused-ring (bicyclic) bond motifs is 1. The van der Waals surface area contributed by atoms with Crippen LogP contribution in [0, 0.1) is 18.3 Å². The lowest BCUT2D eigenvalue weighted by atomic mass is 10.2. The molecule has 0 saturated carbocycles. The van der Waals surface area contributed by atoms with E-state index in [0.717, 1.165) is 22.3 Å². The van der Waals surface area contributed by atoms with Gasteiger partial charge in [0.15, 0.2) is 0 Å². The molecule has 0 aliphatic heterocycles. The summed E-state index contributed by atoms with van der Waals surface area (Å²) in [6.45, 7) is 1.96. The summed E-state index contributed by atoms with van der Waals surface area (Å²) in [6, 6.07) is 14.8. The molecular weight excluding hydrogens is 302 g/mol. The quantitative estimate of drug-likeness (QED) is 0.508. The van der Waals surface area contributed by atoms with Crippen LogP contribution in [0.1, 0.15) is 5.56 Å². The molecule has 6 nitrogen and oxygen atoms in total. The third-order valence-electron chi connectivity index (χ3n) is 3.48. The maximum absolute atomic E-state index is 12.2. The lowest BCUT2D eigenvalue weighted by Gasteiger charge is -2.05. The fourth-order valence-electron chi connectivity index (χ4n) is 2.16. The minimum Gasteiger partial charge on any atom is -0.360 e. The van der Waals surface area contributed by atoms with Crippen LogP contribution in [0.5, 0.6) is 0 Å². The number of H-pyrrole nitrogens is 1. The van der Waals surface area contributed by atoms with Crippen LogP contribution in [0.25, 0.3) is 11.0 Å². The van der Waals surface area contributed by atoms with Crippen LogP contribution in [0.2, 0.25) is 0 Å². The number of anilines is 2. The highest BCUT2D eigenvalue weighted by Gasteiger charge is 2.09. The molecule has 2 aromatic carbocycles. The predicted molar refractivity (Wildman–Crippen MR) is 93.2 cm³/mol. The van der Waals surface area contributed by atoms with Crippen LogP contribution < -0.4 is 10.6 Å². The number of carbonyl (C=O) groups excluding carboxylic acids is 1. The molecule has 3 rings (SSSR count). The number of aromatic amines is 1. The van der Waals surface area contributed by atoms with E-state index >= 15 is 0 Å². The molecule has 1 amide bonds. The number of carbonyl (C=O) groups is 1. The number of nitrogens with zero attached hydrogens (tertiary/aromatic N) is 2. The Morgan fingerprint density at radius 3 is 2.71 bits per heavy atom. The summed E-state index contributed by atoms with van der Waals surface area (Å²) in [5.74, 6) is -0.462. The molecule has 0 saturated heterocycles. The average molecular weight is 317 g/mol. The monoisotopic (exact) mass is 317 g/mol. The van der Waals surface area contributed by atoms with Crippen LogP contribution in [0.3, 0.4) is 0 Å². The summed E-state index contributed by atoms with van der Waals surface area (Å²) >= 11 is 0. The van der Waals surface area contributed by atoms with Gasteiger partial charge in [-0.3, -0.25) is 4.79 Å². The molecule has 6 heteroatoms. The van der Waals surface area contributed by atoms with Crippen molar-refractivity contribution in [2.75, 3.05) is 10.6 Å². The zero-order chi connectivity index (χ0) is 16.9. The van der Waals surface area contributed by atoms with Gasteiger partial charge in [0.25, 0.3) is 5.91 Å². The third kappa shape index (κ3) is 3.42. The van der Waals surface area contributed by atoms with Crippen LogP contribution in [-0.2, 0) is 4.79 Å². The van der Waals surface area contributed by atoms with Gasteiger partial charge in [0.2, 0.25) is 0 Å². The number of nitriles is 1. The summed E-state index contributed by atoms with van der Waals surface area (Å²) < 4.78 is 0. The van der Waals surface area contributed by atoms with E-state index in [1.54, 1.807) is 18.5 Å². The molecule has 0 radical (unpaired) electrons. The molecule has 0 atom stereocenters. The van der Waals surface area contributed by atoms with E-state index in [-0.39, 0.29) is 5.57 Å². The summed E-state index contributed by atoms with van der Waals surface area (Å²) in [5, 5.41) is 14.9. The Kier molecular flexibility index (Phi) is 4.25. The Labute approximate surface area is 138 Å². The molecule has 0 aliphatic rings. The standard InChI is InChI=1S/C18H15N5O/c1-12-2-4-14(5-3-12)23-18(24)13(9-19)10-20-15-6-7-16-17(8-15)22-11-21-16/h2-8,10-11,20H,1H3,(H,21,22)(H,23,24)/b13-10-. The first-order chi connectivity index (χ1) is 11.7. The van der Waals surface area contributed by atoms with Crippen molar-refractivity contribution < 1.29 is 4.79 Å². The van der Waals surface area contributed by atoms with Crippen molar-refractivity contribution in [1.82, 2.24) is 9.97 Å². The minimum absolute atomic E-state index is 0.0136. The van der Waals surface area contributed by atoms with E-state index in [1.165, 1.54) is 6.20 Å². The number of aromatic nitrogens is 2. The maximum atomic E-state index is 12.2. The molecule has 1 heterocycles. The minimum atomic E-state index is -0.462. The van der Waals surface area contributed by atoms with Gasteiger partial charge in [-0.15, -0.1) is 0 Å². The molecule has 24 heavy (non-hydrogen) atoms. The number of benzene rings is 2. The topological polar surface area (TPSA) is 93.6 Å². The molecular formula is C18H15N5O. The summed E-state index contributed by atoms with van der Waals surface area (Å²) in [4.78, 5) is 19.3. The van der Waals surface area contributed by atoms with Gasteiger partial charge in [-0.1, -0.05) is 17.7 Å². The lowest BCUT2D eigenvalue weighted by Crippen LogP contribution is -2.14. The van der Waals surface area contributed by atoms with Crippen molar-refractivity contribution in [1.29, 1.82) is 5.26 Å². The predicted octanol–water partition coefficient (Wildman–Crippen LogP) is 3.33. The first-order valence-corrected chi connectivity index (χ1v) is 7.33. The van der Waals surface area contributed by atoms with Gasteiger partial charge in [0, 0.05) is 17.6 Å². The molecule has 0 unspecified atom stereocenters. The van der Waals surface area contributed by atoms with E-state index in [0.29, 0.717) is 5.69 Å². The SMILES string of the molecule is Cc1ccc(NC(=O)/C(C#N)=C\Nc2ccc3nc[nH]c3c2)cc1. The average Bonchev–Trinajstić information content (AvgIpc) is 3.05. The number of rotatable bonds is 4. The van der Waals surface area contributed by atoms with E-state index in [9.17, 15) is 10.1 Å². The second-order valence-electron chi connectivity index (χ2n) is 5.27. The smallest absolute Gasteiger partial charge is 0.267 e. The van der Waals surface area contributed by atoms with E-state index < -0.39 is 5.91 Å². The summed E-state index contributed by atoms with van der Waals surface area (Å²) in [5.41, 5.74) is 4.20. The molecule has 0 fully saturated rings. The highest BCUT2D eigenvalue weighted by Crippen LogP contribution is 2.16. The highest BCUT2D eigenvalue weighted by molar-refractivity contribution is 6.06. The summed E-state index contributed by atoms with van der Waals surface area (Å²) in [6.07, 6.45) is 3.00. The molecule has 3 N–H and O–H groups in total. The van der Waals surface area contributed by atoms with Crippen LogP contribution >= 0.6 is 0 Å². The number of nitrogens with one attached hydrogen (secondary N) is 3. The highest BCUT2D eigenvalue weighted by atomic mass is 16.1. The Bertz CT molecular complexity index is 947. The number of aryl methyl sites for hydroxylation is 1. The van der Waals surface area contributed by atoms with Crippen molar-refractivity contribution >= 4 is 28.3 Å². The lowest BCUT2D eigenvalue weighted by molar-refractivity contribution is -0.112. The van der Waals surface area contributed by atoms with Crippen molar-refractivity contribution in [2.24, 2.45) is 0 Å². The fraction of sp³-hybridized carbons (Fsp3) is 0.0556. The first-order valence-electron chi connectivity index (χ1n) is 7.33. The molecule has 0 bridgehead atoms. The second-order valence-corrected chi connectivity index (χ2v) is 5.27. The van der Waals surface area contributed by atoms with Crippen LogP contribution in [-0.4, -0.2) is 15.9 Å². The number of imidazole rings is 1.